The summed E-state index contributed by atoms with van der Waals surface area (Å²) in [5.41, 5.74) is 0.336. The molecule has 1 unspecified atom stereocenters. The molecule has 2 aromatic carbocycles. The van der Waals surface area contributed by atoms with Gasteiger partial charge in [0.1, 0.15) is 29.2 Å². The first-order valence-electron chi connectivity index (χ1n) is 11.9. The Morgan fingerprint density at radius 2 is 1.46 bits per heavy atom. The predicted molar refractivity (Wildman–Crippen MR) is 139 cm³/mol. The van der Waals surface area contributed by atoms with Crippen molar-refractivity contribution in [1.82, 2.24) is 9.80 Å². The Balaban J connectivity index is 1.57. The molecule has 3 aliphatic rings. The molecule has 2 heterocycles. The van der Waals surface area contributed by atoms with Gasteiger partial charge in [-0.05, 0) is 0 Å². The Bertz CT molecular complexity index is 1590. The van der Waals surface area contributed by atoms with E-state index >= 15 is 8.78 Å². The van der Waals surface area contributed by atoms with Crippen molar-refractivity contribution in [3.63, 3.8) is 0 Å². The van der Waals surface area contributed by atoms with Gasteiger partial charge in [-0.25, -0.2) is 8.78 Å². The van der Waals surface area contributed by atoms with Gasteiger partial charge in [0.05, 0.1) is 24.5 Å². The van der Waals surface area contributed by atoms with E-state index < -0.39 is 23.5 Å². The fourth-order valence-corrected chi connectivity index (χ4v) is 4.51. The molecule has 0 fully saturated rings. The van der Waals surface area contributed by atoms with Crippen molar-refractivity contribution in [3.05, 3.63) is 130 Å². The number of hydrogen-bond donors (Lipinski definition) is 0. The van der Waals surface area contributed by atoms with Crippen LogP contribution in [0.3, 0.4) is 0 Å². The number of ether oxygens (including phenoxy) is 3. The molecule has 2 aromatic rings. The summed E-state index contributed by atoms with van der Waals surface area (Å²) in [6, 6.07) is 21.7. The van der Waals surface area contributed by atoms with Crippen molar-refractivity contribution < 1.29 is 23.0 Å². The average Bonchev–Trinajstić information content (AvgIpc) is 3.54. The fraction of sp³-hybridized carbons (Fsp3) is 0.133. The van der Waals surface area contributed by atoms with Crippen molar-refractivity contribution in [3.8, 4) is 12.1 Å². The number of hydrogen-bond acceptors (Lipinski definition) is 7. The molecule has 5 rings (SSSR count). The summed E-state index contributed by atoms with van der Waals surface area (Å²) in [6.45, 7) is 0. The number of allylic oxidation sites excluding steroid dienone is 4. The topological polar surface area (TPSA) is 81.8 Å². The highest BCUT2D eigenvalue weighted by Crippen LogP contribution is 2.51. The Labute approximate surface area is 224 Å². The lowest BCUT2D eigenvalue weighted by Gasteiger charge is -2.31. The van der Waals surface area contributed by atoms with Crippen LogP contribution in [0, 0.1) is 22.7 Å². The fourth-order valence-electron chi connectivity index (χ4n) is 4.51. The summed E-state index contributed by atoms with van der Waals surface area (Å²) in [6.07, 6.45) is 2.02. The number of nitriles is 2. The molecule has 39 heavy (non-hydrogen) atoms. The number of benzene rings is 2. The molecular formula is C30H22F2N4O3. The summed E-state index contributed by atoms with van der Waals surface area (Å²) < 4.78 is 49.3. The molecule has 0 bridgehead atoms. The van der Waals surface area contributed by atoms with Crippen LogP contribution in [0.5, 0.6) is 0 Å². The number of likely N-dealkylation sites (N-methyl/N-ethyl adjacent to an activating group) is 1. The normalized spacial score (nSPS) is 20.7. The standard InChI is InChI=1S/C30H22F2N4O3/c1-35-16-21(18-10-6-4-7-11-18)38-29(35)26(31)24-23(20(14-33)15-34)25(28(24)37-3)27(32)30-36(2)17-22(39-30)19-12-8-5-9-13-19/h4-13,16-17,29H,1-3H3. The van der Waals surface area contributed by atoms with Gasteiger partial charge in [-0.2, -0.15) is 10.5 Å². The second kappa shape index (κ2) is 10.2. The Kier molecular flexibility index (Phi) is 6.66. The van der Waals surface area contributed by atoms with Crippen LogP contribution in [0.2, 0.25) is 0 Å². The van der Waals surface area contributed by atoms with Crippen molar-refractivity contribution in [2.75, 3.05) is 21.2 Å². The molecule has 0 saturated carbocycles. The average molecular weight is 525 g/mol. The Hall–Kier alpha value is -5.28. The first-order chi connectivity index (χ1) is 18.9. The molecule has 0 N–H and O–H groups in total. The zero-order valence-corrected chi connectivity index (χ0v) is 21.3. The minimum absolute atomic E-state index is 0.161. The van der Waals surface area contributed by atoms with Gasteiger partial charge >= 0.3 is 0 Å². The summed E-state index contributed by atoms with van der Waals surface area (Å²) in [5.74, 6) is -1.26. The Morgan fingerprint density at radius 3 is 2.03 bits per heavy atom. The highest BCUT2D eigenvalue weighted by atomic mass is 19.1. The maximum atomic E-state index is 16.1. The maximum absolute atomic E-state index is 16.1. The lowest BCUT2D eigenvalue weighted by atomic mass is 9.78. The van der Waals surface area contributed by atoms with Crippen LogP contribution in [0.4, 0.5) is 8.78 Å². The minimum atomic E-state index is -1.22. The number of rotatable bonds is 5. The van der Waals surface area contributed by atoms with Crippen LogP contribution in [-0.2, 0) is 14.2 Å². The number of methoxy groups -OCH3 is 1. The van der Waals surface area contributed by atoms with Gasteiger partial charge in [0.2, 0.25) is 12.1 Å². The highest BCUT2D eigenvalue weighted by Gasteiger charge is 2.45. The van der Waals surface area contributed by atoms with Gasteiger partial charge in [-0.15, -0.1) is 0 Å². The molecule has 0 saturated heterocycles. The third-order valence-corrected chi connectivity index (χ3v) is 6.38. The SMILES string of the molecule is COC1=C(C(F)=C2OC(c3ccccc3)=CN2C)C(=C(C#N)C#N)C1=C(F)C1OC(c2ccccc2)=CN1C. The van der Waals surface area contributed by atoms with E-state index in [1.54, 1.807) is 38.6 Å². The molecular weight excluding hydrogens is 502 g/mol. The monoisotopic (exact) mass is 524 g/mol. The molecule has 7 nitrogen and oxygen atoms in total. The van der Waals surface area contributed by atoms with Gasteiger partial charge in [0.25, 0.3) is 0 Å². The van der Waals surface area contributed by atoms with E-state index in [1.165, 1.54) is 16.9 Å². The van der Waals surface area contributed by atoms with Crippen LogP contribution in [-0.4, -0.2) is 37.2 Å². The quantitative estimate of drug-likeness (QED) is 0.454. The molecule has 2 aliphatic heterocycles. The van der Waals surface area contributed by atoms with Crippen LogP contribution in [0.1, 0.15) is 11.1 Å². The van der Waals surface area contributed by atoms with Gasteiger partial charge in [0, 0.05) is 37.0 Å². The molecule has 0 aromatic heterocycles. The molecule has 0 amide bonds. The van der Waals surface area contributed by atoms with E-state index in [-0.39, 0.29) is 28.4 Å². The lowest BCUT2D eigenvalue weighted by Crippen LogP contribution is -2.29. The molecule has 194 valence electrons. The molecule has 1 atom stereocenters. The van der Waals surface area contributed by atoms with Gasteiger partial charge in [-0.3, -0.25) is 0 Å². The van der Waals surface area contributed by atoms with Crippen molar-refractivity contribution >= 4 is 11.5 Å². The van der Waals surface area contributed by atoms with Gasteiger partial charge in [-0.1, -0.05) is 60.7 Å². The van der Waals surface area contributed by atoms with Gasteiger partial charge in [0.15, 0.2) is 17.4 Å². The first-order valence-corrected chi connectivity index (χ1v) is 11.9. The second-order valence-corrected chi connectivity index (χ2v) is 8.79. The first kappa shape index (κ1) is 25.4. The van der Waals surface area contributed by atoms with Crippen molar-refractivity contribution in [2.45, 2.75) is 6.23 Å². The summed E-state index contributed by atoms with van der Waals surface area (Å²) >= 11 is 0. The molecule has 0 spiro atoms. The largest absolute Gasteiger partial charge is 0.495 e. The van der Waals surface area contributed by atoms with Crippen molar-refractivity contribution in [1.29, 1.82) is 10.5 Å². The molecule has 1 aliphatic carbocycles. The van der Waals surface area contributed by atoms with Gasteiger partial charge < -0.3 is 24.0 Å². The van der Waals surface area contributed by atoms with Crippen LogP contribution in [0.25, 0.3) is 11.5 Å². The smallest absolute Gasteiger partial charge is 0.236 e. The van der Waals surface area contributed by atoms with E-state index in [0.29, 0.717) is 11.5 Å². The number of nitrogens with zero attached hydrogens (tertiary/aromatic N) is 4. The summed E-state index contributed by atoms with van der Waals surface area (Å²) in [5, 5.41) is 19.3. The van der Waals surface area contributed by atoms with Crippen LogP contribution in [0.15, 0.2) is 119 Å². The summed E-state index contributed by atoms with van der Waals surface area (Å²) in [4.78, 5) is 2.93. The molecule has 0 radical (unpaired) electrons. The third kappa shape index (κ3) is 4.30. The minimum Gasteiger partial charge on any atom is -0.495 e. The zero-order chi connectivity index (χ0) is 27.7. The van der Waals surface area contributed by atoms with E-state index in [1.807, 2.05) is 60.7 Å². The highest BCUT2D eigenvalue weighted by molar-refractivity contribution is 5.79. The second-order valence-electron chi connectivity index (χ2n) is 8.79. The number of halogens is 2. The summed E-state index contributed by atoms with van der Waals surface area (Å²) in [7, 11) is 4.47. The van der Waals surface area contributed by atoms with E-state index in [2.05, 4.69) is 0 Å². The Morgan fingerprint density at radius 1 is 0.872 bits per heavy atom. The zero-order valence-electron chi connectivity index (χ0n) is 21.3. The lowest BCUT2D eigenvalue weighted by molar-refractivity contribution is 0.0946. The maximum Gasteiger partial charge on any atom is 0.236 e. The van der Waals surface area contributed by atoms with Crippen molar-refractivity contribution in [2.24, 2.45) is 0 Å². The van der Waals surface area contributed by atoms with E-state index in [0.717, 1.165) is 11.1 Å². The van der Waals surface area contributed by atoms with Crippen LogP contribution >= 0.6 is 0 Å². The van der Waals surface area contributed by atoms with E-state index in [9.17, 15) is 10.5 Å². The van der Waals surface area contributed by atoms with Crippen LogP contribution < -0.4 is 0 Å². The third-order valence-electron chi connectivity index (χ3n) is 6.38. The van der Waals surface area contributed by atoms with E-state index in [4.69, 9.17) is 14.2 Å². The predicted octanol–water partition coefficient (Wildman–Crippen LogP) is 5.85. The molecule has 9 heteroatoms.